The second-order valence-corrected chi connectivity index (χ2v) is 3.29. The summed E-state index contributed by atoms with van der Waals surface area (Å²) in [7, 11) is 0. The van der Waals surface area contributed by atoms with E-state index < -0.39 is 5.97 Å². The fourth-order valence-corrected chi connectivity index (χ4v) is 1.03. The van der Waals surface area contributed by atoms with Gasteiger partial charge < -0.3 is 5.11 Å². The lowest BCUT2D eigenvalue weighted by atomic mass is 10.2. The van der Waals surface area contributed by atoms with Gasteiger partial charge in [0.2, 0.25) is 0 Å². The lowest BCUT2D eigenvalue weighted by molar-refractivity contribution is -0.131. The monoisotopic (exact) mass is 210 g/mol. The van der Waals surface area contributed by atoms with Crippen LogP contribution in [-0.4, -0.2) is 16.9 Å². The van der Waals surface area contributed by atoms with Crippen LogP contribution >= 0.6 is 0 Å². The molecule has 0 fully saturated rings. The maximum Gasteiger partial charge on any atom is 0.327 e. The summed E-state index contributed by atoms with van der Waals surface area (Å²) in [5.41, 5.74) is 0. The summed E-state index contributed by atoms with van der Waals surface area (Å²) in [5.74, 6) is -0.582. The Balaban J connectivity index is 0.000000280. The summed E-state index contributed by atoms with van der Waals surface area (Å²) >= 11 is 0. The average molecular weight is 210 g/mol. The Morgan fingerprint density at radius 3 is 2.67 bits per heavy atom. The van der Waals surface area contributed by atoms with Crippen LogP contribution in [0.15, 0.2) is 24.3 Å². The molecule has 0 unspecified atom stereocenters. The SMILES string of the molecule is CCCC/C=C/C(=O)O.O=C1C=CCC1. The fraction of sp³-hybridized carbons (Fsp3) is 0.500. The molecule has 0 aromatic carbocycles. The molecule has 0 heterocycles. The molecule has 15 heavy (non-hydrogen) atoms. The van der Waals surface area contributed by atoms with Crippen LogP contribution < -0.4 is 0 Å². The van der Waals surface area contributed by atoms with Crippen molar-refractivity contribution < 1.29 is 14.7 Å². The number of ketones is 1. The molecule has 0 radical (unpaired) electrons. The van der Waals surface area contributed by atoms with Gasteiger partial charge in [-0.05, 0) is 18.9 Å². The smallest absolute Gasteiger partial charge is 0.327 e. The summed E-state index contributed by atoms with van der Waals surface area (Å²) in [6.07, 6.45) is 11.2. The van der Waals surface area contributed by atoms with Gasteiger partial charge in [-0.3, -0.25) is 4.79 Å². The Kier molecular flexibility index (Phi) is 8.34. The molecule has 3 heteroatoms. The average Bonchev–Trinajstić information content (AvgIpc) is 2.65. The number of hydrogen-bond donors (Lipinski definition) is 1. The molecule has 0 spiro atoms. The minimum atomic E-state index is -0.855. The highest BCUT2D eigenvalue weighted by Crippen LogP contribution is 2.01. The van der Waals surface area contributed by atoms with Gasteiger partial charge in [-0.15, -0.1) is 0 Å². The summed E-state index contributed by atoms with van der Waals surface area (Å²) < 4.78 is 0. The van der Waals surface area contributed by atoms with Crippen molar-refractivity contribution in [2.75, 3.05) is 0 Å². The first-order valence-electron chi connectivity index (χ1n) is 5.25. The standard InChI is InChI=1S/C7H12O2.C5H6O/c1-2-3-4-5-6-7(8)9;6-5-3-1-2-4-5/h5-6H,2-4H2,1H3,(H,8,9);1,3H,2,4H2/b6-5+;. The second-order valence-electron chi connectivity index (χ2n) is 3.29. The summed E-state index contributed by atoms with van der Waals surface area (Å²) in [6.45, 7) is 2.08. The van der Waals surface area contributed by atoms with E-state index in [9.17, 15) is 9.59 Å². The fourth-order valence-electron chi connectivity index (χ4n) is 1.03. The van der Waals surface area contributed by atoms with E-state index in [2.05, 4.69) is 6.92 Å². The zero-order valence-electron chi connectivity index (χ0n) is 9.11. The van der Waals surface area contributed by atoms with Crippen LogP contribution in [0.25, 0.3) is 0 Å². The second kappa shape index (κ2) is 9.19. The first-order chi connectivity index (χ1) is 7.16. The summed E-state index contributed by atoms with van der Waals surface area (Å²) in [6, 6.07) is 0. The van der Waals surface area contributed by atoms with Crippen molar-refractivity contribution in [1.82, 2.24) is 0 Å². The molecule has 0 amide bonds. The van der Waals surface area contributed by atoms with Crippen molar-refractivity contribution in [1.29, 1.82) is 0 Å². The lowest BCUT2D eigenvalue weighted by Crippen LogP contribution is -1.85. The van der Waals surface area contributed by atoms with Crippen LogP contribution in [0.4, 0.5) is 0 Å². The van der Waals surface area contributed by atoms with Crippen LogP contribution in [0, 0.1) is 0 Å². The third kappa shape index (κ3) is 10.5. The van der Waals surface area contributed by atoms with Gasteiger partial charge in [0.1, 0.15) is 0 Å². The topological polar surface area (TPSA) is 54.4 Å². The largest absolute Gasteiger partial charge is 0.478 e. The molecule has 0 aromatic heterocycles. The maximum atomic E-state index is 10.2. The Hall–Kier alpha value is -1.38. The lowest BCUT2D eigenvalue weighted by Gasteiger charge is -1.85. The van der Waals surface area contributed by atoms with Crippen molar-refractivity contribution in [3.8, 4) is 0 Å². The molecule has 84 valence electrons. The van der Waals surface area contributed by atoms with Crippen molar-refractivity contribution in [3.05, 3.63) is 24.3 Å². The van der Waals surface area contributed by atoms with E-state index in [4.69, 9.17) is 5.11 Å². The minimum Gasteiger partial charge on any atom is -0.478 e. The van der Waals surface area contributed by atoms with Gasteiger partial charge in [0.05, 0.1) is 0 Å². The van der Waals surface area contributed by atoms with Gasteiger partial charge in [-0.1, -0.05) is 31.9 Å². The van der Waals surface area contributed by atoms with Crippen molar-refractivity contribution >= 4 is 11.8 Å². The predicted molar refractivity (Wildman–Crippen MR) is 59.7 cm³/mol. The third-order valence-corrected chi connectivity index (χ3v) is 1.85. The summed E-state index contributed by atoms with van der Waals surface area (Å²) in [4.78, 5) is 20.0. The normalized spacial score (nSPS) is 14.1. The number of hydrogen-bond acceptors (Lipinski definition) is 2. The Morgan fingerprint density at radius 1 is 1.60 bits per heavy atom. The highest BCUT2D eigenvalue weighted by atomic mass is 16.4. The summed E-state index contributed by atoms with van der Waals surface area (Å²) in [5, 5.41) is 8.13. The first kappa shape index (κ1) is 13.6. The molecule has 0 bridgehead atoms. The van der Waals surface area contributed by atoms with E-state index in [0.717, 1.165) is 32.1 Å². The van der Waals surface area contributed by atoms with Crippen LogP contribution in [0.5, 0.6) is 0 Å². The van der Waals surface area contributed by atoms with Gasteiger partial charge in [0.15, 0.2) is 5.78 Å². The molecule has 0 aromatic rings. The number of unbranched alkanes of at least 4 members (excludes halogenated alkanes) is 2. The molecule has 1 aliphatic rings. The van der Waals surface area contributed by atoms with E-state index in [-0.39, 0.29) is 5.78 Å². The van der Waals surface area contributed by atoms with Gasteiger partial charge in [0, 0.05) is 12.5 Å². The molecule has 1 rings (SSSR count). The molecule has 0 saturated heterocycles. The third-order valence-electron chi connectivity index (χ3n) is 1.85. The number of rotatable bonds is 4. The van der Waals surface area contributed by atoms with E-state index in [0.29, 0.717) is 0 Å². The van der Waals surface area contributed by atoms with Crippen LogP contribution in [0.1, 0.15) is 39.0 Å². The van der Waals surface area contributed by atoms with Crippen LogP contribution in [-0.2, 0) is 9.59 Å². The Bertz CT molecular complexity index is 252. The van der Waals surface area contributed by atoms with E-state index in [1.165, 1.54) is 6.08 Å². The molecular weight excluding hydrogens is 192 g/mol. The highest BCUT2D eigenvalue weighted by Gasteiger charge is 1.98. The van der Waals surface area contributed by atoms with Crippen molar-refractivity contribution in [2.24, 2.45) is 0 Å². The predicted octanol–water partition coefficient (Wildman–Crippen LogP) is 2.72. The number of carboxylic acid groups (broad SMARTS) is 1. The van der Waals surface area contributed by atoms with Gasteiger partial charge >= 0.3 is 5.97 Å². The van der Waals surface area contributed by atoms with E-state index in [1.807, 2.05) is 6.08 Å². The van der Waals surface area contributed by atoms with E-state index in [1.54, 1.807) is 12.2 Å². The van der Waals surface area contributed by atoms with Gasteiger partial charge in [-0.25, -0.2) is 4.79 Å². The number of carboxylic acids is 1. The van der Waals surface area contributed by atoms with Crippen molar-refractivity contribution in [2.45, 2.75) is 39.0 Å². The Morgan fingerprint density at radius 2 is 2.33 bits per heavy atom. The molecule has 0 saturated carbocycles. The quantitative estimate of drug-likeness (QED) is 0.573. The number of aliphatic carboxylic acids is 1. The maximum absolute atomic E-state index is 10.2. The molecule has 0 aliphatic heterocycles. The van der Waals surface area contributed by atoms with Crippen LogP contribution in [0.2, 0.25) is 0 Å². The molecule has 1 aliphatic carbocycles. The molecule has 1 N–H and O–H groups in total. The zero-order chi connectivity index (χ0) is 11.5. The number of carbonyl (C=O) groups is 2. The molecule has 0 atom stereocenters. The molecular formula is C12H18O3. The highest BCUT2D eigenvalue weighted by molar-refractivity contribution is 5.91. The van der Waals surface area contributed by atoms with Gasteiger partial charge in [-0.2, -0.15) is 0 Å². The number of carbonyl (C=O) groups excluding carboxylic acids is 1. The Labute approximate surface area is 90.5 Å². The molecule has 3 nitrogen and oxygen atoms in total. The van der Waals surface area contributed by atoms with Gasteiger partial charge in [0.25, 0.3) is 0 Å². The minimum absolute atomic E-state index is 0.273. The number of allylic oxidation sites excluding steroid dienone is 3. The zero-order valence-corrected chi connectivity index (χ0v) is 9.11. The first-order valence-corrected chi connectivity index (χ1v) is 5.25. The van der Waals surface area contributed by atoms with Crippen molar-refractivity contribution in [3.63, 3.8) is 0 Å². The van der Waals surface area contributed by atoms with E-state index >= 15 is 0 Å². The van der Waals surface area contributed by atoms with Crippen LogP contribution in [0.3, 0.4) is 0 Å².